The number of hydrogen-bond acceptors (Lipinski definition) is 2. The Morgan fingerprint density at radius 1 is 1.04 bits per heavy atom. The van der Waals surface area contributed by atoms with Crippen molar-refractivity contribution in [2.45, 2.75) is 45.1 Å². The van der Waals surface area contributed by atoms with Crippen LogP contribution in [0.5, 0.6) is 0 Å². The first kappa shape index (κ1) is 17.9. The maximum Gasteiger partial charge on any atom is 0.0845 e. The van der Waals surface area contributed by atoms with Gasteiger partial charge in [-0.05, 0) is 56.4 Å². The zero-order valence-corrected chi connectivity index (χ0v) is 16.6. The third-order valence-electron chi connectivity index (χ3n) is 6.30. The van der Waals surface area contributed by atoms with E-state index in [2.05, 4.69) is 79.4 Å². The fourth-order valence-electron chi connectivity index (χ4n) is 5.08. The molecule has 0 unspecified atom stereocenters. The molecular weight excluding hydrogens is 330 g/mol. The minimum Gasteiger partial charge on any atom is -0.502 e. The van der Waals surface area contributed by atoms with Gasteiger partial charge in [0.05, 0.1) is 18.3 Å². The van der Waals surface area contributed by atoms with E-state index in [4.69, 9.17) is 4.74 Å². The van der Waals surface area contributed by atoms with E-state index >= 15 is 0 Å². The number of benzene rings is 2. The van der Waals surface area contributed by atoms with E-state index in [0.29, 0.717) is 12.6 Å². The molecule has 0 saturated carbocycles. The van der Waals surface area contributed by atoms with Crippen LogP contribution in [0.3, 0.4) is 0 Å². The van der Waals surface area contributed by atoms with Crippen molar-refractivity contribution in [1.82, 2.24) is 4.90 Å². The zero-order valence-electron chi connectivity index (χ0n) is 16.6. The lowest BCUT2D eigenvalue weighted by atomic mass is 9.68. The fraction of sp³-hybridized carbons (Fsp3) is 0.360. The van der Waals surface area contributed by atoms with Gasteiger partial charge in [-0.25, -0.2) is 0 Å². The first-order valence-electron chi connectivity index (χ1n) is 10.2. The molecule has 0 spiro atoms. The van der Waals surface area contributed by atoms with Crippen molar-refractivity contribution in [3.63, 3.8) is 0 Å². The summed E-state index contributed by atoms with van der Waals surface area (Å²) in [6.45, 7) is 8.38. The fourth-order valence-corrected chi connectivity index (χ4v) is 5.08. The highest BCUT2D eigenvalue weighted by Crippen LogP contribution is 2.54. The van der Waals surface area contributed by atoms with E-state index < -0.39 is 0 Å². The summed E-state index contributed by atoms with van der Waals surface area (Å²) in [5.74, 6) is 0. The van der Waals surface area contributed by atoms with Crippen LogP contribution in [-0.4, -0.2) is 24.1 Å². The minimum atomic E-state index is -0.144. The molecule has 2 aromatic carbocycles. The van der Waals surface area contributed by atoms with Crippen molar-refractivity contribution in [3.05, 3.63) is 89.2 Å². The molecule has 1 aliphatic carbocycles. The summed E-state index contributed by atoms with van der Waals surface area (Å²) in [6, 6.07) is 20.2. The highest BCUT2D eigenvalue weighted by atomic mass is 16.5. The maximum absolute atomic E-state index is 5.69. The Morgan fingerprint density at radius 2 is 1.78 bits per heavy atom. The number of likely N-dealkylation sites (N-methyl/N-ethyl adjacent to an activating group) is 1. The van der Waals surface area contributed by atoms with E-state index in [1.165, 1.54) is 28.0 Å². The van der Waals surface area contributed by atoms with Crippen LogP contribution in [0.1, 0.15) is 43.9 Å². The lowest BCUT2D eigenvalue weighted by molar-refractivity contribution is 0.255. The Kier molecular flexibility index (Phi) is 4.82. The van der Waals surface area contributed by atoms with Crippen molar-refractivity contribution in [2.75, 3.05) is 13.2 Å². The van der Waals surface area contributed by atoms with Gasteiger partial charge in [-0.3, -0.25) is 0 Å². The third kappa shape index (κ3) is 2.70. The number of hydrogen-bond donors (Lipinski definition) is 0. The van der Waals surface area contributed by atoms with Crippen molar-refractivity contribution in [3.8, 4) is 0 Å². The molecule has 2 nitrogen and oxygen atoms in total. The highest BCUT2D eigenvalue weighted by molar-refractivity contribution is 5.79. The molecule has 2 aliphatic rings. The summed E-state index contributed by atoms with van der Waals surface area (Å²) in [5, 5.41) is 0. The monoisotopic (exact) mass is 359 g/mol. The van der Waals surface area contributed by atoms with Gasteiger partial charge in [0.1, 0.15) is 0 Å². The van der Waals surface area contributed by atoms with E-state index in [0.717, 1.165) is 19.4 Å². The molecule has 1 aliphatic heterocycles. The van der Waals surface area contributed by atoms with E-state index in [9.17, 15) is 0 Å². The quantitative estimate of drug-likeness (QED) is 0.648. The lowest BCUT2D eigenvalue weighted by Gasteiger charge is -2.37. The van der Waals surface area contributed by atoms with E-state index in [1.807, 2.05) is 13.2 Å². The van der Waals surface area contributed by atoms with E-state index in [-0.39, 0.29) is 5.41 Å². The summed E-state index contributed by atoms with van der Waals surface area (Å²) >= 11 is 0. The number of fused-ring (bicyclic) bond motifs is 2. The Balaban J connectivity index is 1.97. The van der Waals surface area contributed by atoms with E-state index in [1.54, 1.807) is 0 Å². The Morgan fingerprint density at radius 3 is 2.52 bits per heavy atom. The summed E-state index contributed by atoms with van der Waals surface area (Å²) in [7, 11) is 0. The van der Waals surface area contributed by atoms with Crippen LogP contribution in [0.15, 0.2) is 72.5 Å². The van der Waals surface area contributed by atoms with Crippen LogP contribution in [0.25, 0.3) is 5.70 Å². The second-order valence-corrected chi connectivity index (χ2v) is 7.44. The molecule has 1 heterocycles. The second kappa shape index (κ2) is 7.26. The van der Waals surface area contributed by atoms with Gasteiger partial charge in [-0.15, -0.1) is 0 Å². The van der Waals surface area contributed by atoms with Crippen molar-refractivity contribution < 1.29 is 4.74 Å². The first-order chi connectivity index (χ1) is 13.2. The molecular formula is C25H29NO. The average Bonchev–Trinajstić information content (AvgIpc) is 2.97. The van der Waals surface area contributed by atoms with Crippen LogP contribution < -0.4 is 0 Å². The molecule has 2 aromatic rings. The van der Waals surface area contributed by atoms with Crippen LogP contribution in [0, 0.1) is 0 Å². The molecule has 0 N–H and O–H groups in total. The predicted octanol–water partition coefficient (Wildman–Crippen LogP) is 5.56. The smallest absolute Gasteiger partial charge is 0.0845 e. The van der Waals surface area contributed by atoms with Gasteiger partial charge in [-0.1, -0.05) is 54.6 Å². The Bertz CT molecular complexity index is 867. The SMILES string of the molecule is CCO/C=C/[C@]1(c2ccccc2)C2=C(c3ccccc3CC2)N(CC)[C@@H]1C. The molecule has 0 amide bonds. The van der Waals surface area contributed by atoms with Gasteiger partial charge in [0.15, 0.2) is 0 Å². The normalized spacial score (nSPS) is 24.3. The van der Waals surface area contributed by atoms with Crippen LogP contribution in [0.4, 0.5) is 0 Å². The average molecular weight is 360 g/mol. The summed E-state index contributed by atoms with van der Waals surface area (Å²) in [6.07, 6.45) is 6.44. The molecule has 0 fully saturated rings. The Labute approximate surface area is 163 Å². The number of aryl methyl sites for hydroxylation is 1. The van der Waals surface area contributed by atoms with Crippen molar-refractivity contribution in [1.29, 1.82) is 0 Å². The standard InChI is InChI=1S/C25H29NO/c1-4-26-19(3)25(17-18-27-5-2,21-12-7-6-8-13-21)23-16-15-20-11-9-10-14-22(20)24(23)26/h6-14,17-19H,4-5,15-16H2,1-3H3/b18-17+/t19-,25+/m1/s1. The van der Waals surface area contributed by atoms with Gasteiger partial charge >= 0.3 is 0 Å². The summed E-state index contributed by atoms with van der Waals surface area (Å²) in [5.41, 5.74) is 7.08. The van der Waals surface area contributed by atoms with Crippen LogP contribution >= 0.6 is 0 Å². The Hall–Kier alpha value is -2.48. The number of ether oxygens (including phenoxy) is 1. The maximum atomic E-state index is 5.69. The molecule has 140 valence electrons. The van der Waals surface area contributed by atoms with Crippen LogP contribution in [0.2, 0.25) is 0 Å². The van der Waals surface area contributed by atoms with Gasteiger partial charge in [0, 0.05) is 23.8 Å². The highest BCUT2D eigenvalue weighted by Gasteiger charge is 2.50. The number of rotatable bonds is 5. The van der Waals surface area contributed by atoms with Gasteiger partial charge in [0.2, 0.25) is 0 Å². The van der Waals surface area contributed by atoms with Gasteiger partial charge < -0.3 is 9.64 Å². The molecule has 2 atom stereocenters. The molecule has 27 heavy (non-hydrogen) atoms. The summed E-state index contributed by atoms with van der Waals surface area (Å²) < 4.78 is 5.69. The number of nitrogens with zero attached hydrogens (tertiary/aromatic N) is 1. The van der Waals surface area contributed by atoms with Crippen molar-refractivity contribution >= 4 is 5.70 Å². The topological polar surface area (TPSA) is 12.5 Å². The molecule has 0 radical (unpaired) electrons. The third-order valence-corrected chi connectivity index (χ3v) is 6.30. The molecule has 2 heteroatoms. The predicted molar refractivity (Wildman–Crippen MR) is 112 cm³/mol. The molecule has 0 saturated heterocycles. The lowest BCUT2D eigenvalue weighted by Crippen LogP contribution is -2.41. The minimum absolute atomic E-state index is 0.144. The first-order valence-corrected chi connectivity index (χ1v) is 10.2. The molecule has 0 aromatic heterocycles. The molecule has 0 bridgehead atoms. The zero-order chi connectivity index (χ0) is 18.9. The van der Waals surface area contributed by atoms with Crippen molar-refractivity contribution in [2.24, 2.45) is 0 Å². The second-order valence-electron chi connectivity index (χ2n) is 7.44. The van der Waals surface area contributed by atoms with Gasteiger partial charge in [0.25, 0.3) is 0 Å². The van der Waals surface area contributed by atoms with Crippen LogP contribution in [-0.2, 0) is 16.6 Å². The largest absolute Gasteiger partial charge is 0.502 e. The van der Waals surface area contributed by atoms with Gasteiger partial charge in [-0.2, -0.15) is 0 Å². The summed E-state index contributed by atoms with van der Waals surface area (Å²) in [4.78, 5) is 2.59. The molecule has 4 rings (SSSR count).